The Morgan fingerprint density at radius 2 is 1.84 bits per heavy atom. The summed E-state index contributed by atoms with van der Waals surface area (Å²) in [6.07, 6.45) is 1.16. The molecular weight excluding hydrogens is 324 g/mol. The van der Waals surface area contributed by atoms with Crippen LogP contribution in [0.15, 0.2) is 24.3 Å². The Hall–Kier alpha value is -2.57. The molecule has 0 unspecified atom stereocenters. The molecule has 1 aromatic rings. The van der Waals surface area contributed by atoms with Crippen LogP contribution in [0.3, 0.4) is 0 Å². The standard InChI is InChI=1S/C18H24N2O5/c1-19(11-13-6-8-14(9-7-13)17(22)24-2)16(21)15-5-4-10-20(12-15)18(23)25-3/h6-9,15H,4-5,10-12H2,1-3H3/t15-/m1/s1. The number of esters is 1. The molecule has 2 amide bonds. The second kappa shape index (κ2) is 8.50. The van der Waals surface area contributed by atoms with Crippen molar-refractivity contribution < 1.29 is 23.9 Å². The number of rotatable bonds is 4. The first-order chi connectivity index (χ1) is 12.0. The molecule has 136 valence electrons. The van der Waals surface area contributed by atoms with Crippen LogP contribution in [0.4, 0.5) is 4.79 Å². The van der Waals surface area contributed by atoms with Gasteiger partial charge in [0.1, 0.15) is 0 Å². The third kappa shape index (κ3) is 4.71. The smallest absolute Gasteiger partial charge is 0.409 e. The number of benzene rings is 1. The number of carbonyl (C=O) groups excluding carboxylic acids is 3. The van der Waals surface area contributed by atoms with Crippen molar-refractivity contribution in [2.45, 2.75) is 19.4 Å². The highest BCUT2D eigenvalue weighted by atomic mass is 16.5. The summed E-state index contributed by atoms with van der Waals surface area (Å²) in [7, 11) is 4.43. The molecule has 1 saturated heterocycles. The summed E-state index contributed by atoms with van der Waals surface area (Å²) >= 11 is 0. The fourth-order valence-corrected chi connectivity index (χ4v) is 3.00. The predicted molar refractivity (Wildman–Crippen MR) is 91.0 cm³/mol. The van der Waals surface area contributed by atoms with Crippen LogP contribution in [0.25, 0.3) is 0 Å². The fourth-order valence-electron chi connectivity index (χ4n) is 3.00. The molecule has 1 aliphatic rings. The molecule has 0 aromatic heterocycles. The Morgan fingerprint density at radius 1 is 1.16 bits per heavy atom. The van der Waals surface area contributed by atoms with Gasteiger partial charge in [0.2, 0.25) is 5.91 Å². The van der Waals surface area contributed by atoms with Crippen LogP contribution in [0, 0.1) is 5.92 Å². The Bertz CT molecular complexity index is 629. The van der Waals surface area contributed by atoms with Crippen molar-refractivity contribution in [2.24, 2.45) is 5.92 Å². The van der Waals surface area contributed by atoms with Gasteiger partial charge in [-0.15, -0.1) is 0 Å². The molecule has 2 rings (SSSR count). The van der Waals surface area contributed by atoms with E-state index in [9.17, 15) is 14.4 Å². The minimum Gasteiger partial charge on any atom is -0.465 e. The van der Waals surface area contributed by atoms with E-state index in [2.05, 4.69) is 4.74 Å². The lowest BCUT2D eigenvalue weighted by molar-refractivity contribution is -0.136. The molecule has 1 aliphatic heterocycles. The van der Waals surface area contributed by atoms with E-state index in [-0.39, 0.29) is 17.8 Å². The molecule has 0 bridgehead atoms. The van der Waals surface area contributed by atoms with Crippen molar-refractivity contribution in [3.63, 3.8) is 0 Å². The number of amides is 2. The highest BCUT2D eigenvalue weighted by Gasteiger charge is 2.30. The minimum absolute atomic E-state index is 0.00523. The van der Waals surface area contributed by atoms with Gasteiger partial charge < -0.3 is 19.3 Å². The van der Waals surface area contributed by atoms with Crippen molar-refractivity contribution >= 4 is 18.0 Å². The zero-order valence-electron chi connectivity index (χ0n) is 14.9. The van der Waals surface area contributed by atoms with Crippen LogP contribution in [-0.4, -0.2) is 62.1 Å². The zero-order valence-corrected chi connectivity index (χ0v) is 14.9. The van der Waals surface area contributed by atoms with Crippen molar-refractivity contribution in [3.8, 4) is 0 Å². The van der Waals surface area contributed by atoms with Crippen molar-refractivity contribution in [1.29, 1.82) is 0 Å². The number of carbonyl (C=O) groups is 3. The average Bonchev–Trinajstić information content (AvgIpc) is 2.66. The van der Waals surface area contributed by atoms with Gasteiger partial charge in [-0.2, -0.15) is 0 Å². The number of hydrogen-bond donors (Lipinski definition) is 0. The van der Waals surface area contributed by atoms with Crippen molar-refractivity contribution in [1.82, 2.24) is 9.80 Å². The average molecular weight is 348 g/mol. The van der Waals surface area contributed by atoms with Gasteiger partial charge in [-0.25, -0.2) is 9.59 Å². The Labute approximate surface area is 147 Å². The summed E-state index contributed by atoms with van der Waals surface area (Å²) in [5.74, 6) is -0.598. The van der Waals surface area contributed by atoms with Crippen LogP contribution in [0.5, 0.6) is 0 Å². The maximum Gasteiger partial charge on any atom is 0.409 e. The lowest BCUT2D eigenvalue weighted by Crippen LogP contribution is -2.45. The second-order valence-corrected chi connectivity index (χ2v) is 6.14. The first-order valence-corrected chi connectivity index (χ1v) is 8.21. The summed E-state index contributed by atoms with van der Waals surface area (Å²) in [5, 5.41) is 0. The van der Waals surface area contributed by atoms with E-state index in [4.69, 9.17) is 4.74 Å². The molecule has 0 N–H and O–H groups in total. The summed E-state index contributed by atoms with van der Waals surface area (Å²) in [5.41, 5.74) is 1.39. The first kappa shape index (κ1) is 18.8. The van der Waals surface area contributed by atoms with E-state index >= 15 is 0 Å². The zero-order chi connectivity index (χ0) is 18.4. The van der Waals surface area contributed by atoms with Gasteiger partial charge >= 0.3 is 12.1 Å². The summed E-state index contributed by atoms with van der Waals surface area (Å²) in [6.45, 7) is 1.45. The first-order valence-electron chi connectivity index (χ1n) is 8.21. The van der Waals surface area contributed by atoms with Crippen LogP contribution in [-0.2, 0) is 20.8 Å². The van der Waals surface area contributed by atoms with Crippen LogP contribution < -0.4 is 0 Å². The lowest BCUT2D eigenvalue weighted by Gasteiger charge is -2.33. The maximum absolute atomic E-state index is 12.7. The molecule has 0 aliphatic carbocycles. The highest BCUT2D eigenvalue weighted by Crippen LogP contribution is 2.20. The van der Waals surface area contributed by atoms with Crippen LogP contribution in [0.2, 0.25) is 0 Å². The van der Waals surface area contributed by atoms with Gasteiger partial charge in [-0.1, -0.05) is 12.1 Å². The van der Waals surface area contributed by atoms with Gasteiger partial charge in [0.25, 0.3) is 0 Å². The van der Waals surface area contributed by atoms with Crippen molar-refractivity contribution in [3.05, 3.63) is 35.4 Å². The molecule has 1 atom stereocenters. The maximum atomic E-state index is 12.7. The Balaban J connectivity index is 1.95. The number of piperidine rings is 1. The van der Waals surface area contributed by atoms with E-state index in [1.165, 1.54) is 14.2 Å². The monoisotopic (exact) mass is 348 g/mol. The Kier molecular flexibility index (Phi) is 6.38. The quantitative estimate of drug-likeness (QED) is 0.777. The molecule has 1 fully saturated rings. The van der Waals surface area contributed by atoms with Gasteiger partial charge in [0, 0.05) is 26.7 Å². The molecule has 7 heteroatoms. The molecule has 0 saturated carbocycles. The minimum atomic E-state index is -0.390. The van der Waals surface area contributed by atoms with E-state index in [0.717, 1.165) is 18.4 Å². The molecule has 1 aromatic carbocycles. The third-order valence-corrected chi connectivity index (χ3v) is 4.37. The summed E-state index contributed by atoms with van der Waals surface area (Å²) in [4.78, 5) is 39.0. The summed E-state index contributed by atoms with van der Waals surface area (Å²) < 4.78 is 9.41. The second-order valence-electron chi connectivity index (χ2n) is 6.14. The normalized spacial score (nSPS) is 16.9. The number of hydrogen-bond acceptors (Lipinski definition) is 5. The Morgan fingerprint density at radius 3 is 2.44 bits per heavy atom. The van der Waals surface area contributed by atoms with Crippen molar-refractivity contribution in [2.75, 3.05) is 34.4 Å². The predicted octanol–water partition coefficient (Wildman–Crippen LogP) is 1.91. The number of ether oxygens (including phenoxy) is 2. The molecular formula is C18H24N2O5. The number of nitrogens with zero attached hydrogens (tertiary/aromatic N) is 2. The van der Waals surface area contributed by atoms with Gasteiger partial charge in [0.15, 0.2) is 0 Å². The number of likely N-dealkylation sites (tertiary alicyclic amines) is 1. The van der Waals surface area contributed by atoms with E-state index in [0.29, 0.717) is 25.2 Å². The molecule has 1 heterocycles. The van der Waals surface area contributed by atoms with E-state index in [1.54, 1.807) is 41.1 Å². The van der Waals surface area contributed by atoms with Gasteiger partial charge in [-0.05, 0) is 30.5 Å². The van der Waals surface area contributed by atoms with Crippen LogP contribution >= 0.6 is 0 Å². The van der Waals surface area contributed by atoms with Crippen LogP contribution in [0.1, 0.15) is 28.8 Å². The third-order valence-electron chi connectivity index (χ3n) is 4.37. The molecule has 0 radical (unpaired) electrons. The SMILES string of the molecule is COC(=O)c1ccc(CN(C)C(=O)[C@@H]2CCCN(C(=O)OC)C2)cc1. The van der Waals surface area contributed by atoms with E-state index < -0.39 is 6.09 Å². The molecule has 25 heavy (non-hydrogen) atoms. The van der Waals surface area contributed by atoms with Gasteiger partial charge in [0.05, 0.1) is 25.7 Å². The number of methoxy groups -OCH3 is 2. The summed E-state index contributed by atoms with van der Waals surface area (Å²) in [6, 6.07) is 6.97. The molecule has 7 nitrogen and oxygen atoms in total. The lowest BCUT2D eigenvalue weighted by atomic mass is 9.96. The largest absolute Gasteiger partial charge is 0.465 e. The van der Waals surface area contributed by atoms with E-state index in [1.807, 2.05) is 0 Å². The molecule has 0 spiro atoms. The highest BCUT2D eigenvalue weighted by molar-refractivity contribution is 5.89. The van der Waals surface area contributed by atoms with Gasteiger partial charge in [-0.3, -0.25) is 4.79 Å². The topological polar surface area (TPSA) is 76.2 Å². The fraction of sp³-hybridized carbons (Fsp3) is 0.500.